The molecule has 0 spiro atoms. The third-order valence-electron chi connectivity index (χ3n) is 5.38. The number of rotatable bonds is 8. The lowest BCUT2D eigenvalue weighted by Gasteiger charge is -2.10. The van der Waals surface area contributed by atoms with Gasteiger partial charge < -0.3 is 19.9 Å². The maximum atomic E-state index is 13.2. The second kappa shape index (κ2) is 10.4. The van der Waals surface area contributed by atoms with Gasteiger partial charge in [-0.15, -0.1) is 11.3 Å². The van der Waals surface area contributed by atoms with E-state index in [-0.39, 0.29) is 28.6 Å². The van der Waals surface area contributed by atoms with Crippen LogP contribution < -0.4 is 10.6 Å². The van der Waals surface area contributed by atoms with Gasteiger partial charge in [-0.3, -0.25) is 14.4 Å². The maximum absolute atomic E-state index is 13.2. The first kappa shape index (κ1) is 23.9. The van der Waals surface area contributed by atoms with Gasteiger partial charge in [0.15, 0.2) is 6.29 Å². The van der Waals surface area contributed by atoms with Crippen LogP contribution in [-0.4, -0.2) is 35.2 Å². The highest BCUT2D eigenvalue weighted by Gasteiger charge is 2.26. The van der Waals surface area contributed by atoms with Crippen molar-refractivity contribution in [2.75, 3.05) is 17.2 Å². The van der Waals surface area contributed by atoms with E-state index < -0.39 is 17.8 Å². The van der Waals surface area contributed by atoms with Gasteiger partial charge in [0.25, 0.3) is 5.91 Å². The summed E-state index contributed by atoms with van der Waals surface area (Å²) in [5.74, 6) is -1.42. The maximum Gasteiger partial charge on any atom is 0.348 e. The Bertz CT molecular complexity index is 1420. The van der Waals surface area contributed by atoms with Crippen LogP contribution in [0.25, 0.3) is 10.9 Å². The molecule has 0 aliphatic heterocycles. The summed E-state index contributed by atoms with van der Waals surface area (Å²) in [5, 5.41) is 6.57. The summed E-state index contributed by atoms with van der Waals surface area (Å²) in [7, 11) is 0. The molecule has 2 aromatic carbocycles. The number of amides is 2. The molecule has 0 saturated carbocycles. The van der Waals surface area contributed by atoms with Crippen LogP contribution in [-0.2, 0) is 16.1 Å². The first-order valence-corrected chi connectivity index (χ1v) is 11.7. The number of fused-ring (bicyclic) bond motifs is 1. The van der Waals surface area contributed by atoms with Crippen molar-refractivity contribution < 1.29 is 23.9 Å². The van der Waals surface area contributed by atoms with Crippen LogP contribution >= 0.6 is 11.3 Å². The Morgan fingerprint density at radius 1 is 1.03 bits per heavy atom. The number of hydrogen-bond acceptors (Lipinski definition) is 6. The monoisotopic (exact) mass is 489 g/mol. The molecule has 4 rings (SSSR count). The molecule has 9 heteroatoms. The van der Waals surface area contributed by atoms with Gasteiger partial charge in [0.2, 0.25) is 5.91 Å². The van der Waals surface area contributed by atoms with Gasteiger partial charge in [-0.2, -0.15) is 0 Å². The minimum atomic E-state index is -0.559. The minimum Gasteiger partial charge on any atom is -0.462 e. The van der Waals surface area contributed by atoms with E-state index in [1.54, 1.807) is 48.9 Å². The molecule has 0 aliphatic carbocycles. The standard InChI is InChI=1S/C26H23N3O5S/c1-3-34-26(33)23-16(2)22(24(32)27-18-9-5-4-6-10-18)25(35-23)28-21(31)14-29-13-17(15-30)19-11-7-8-12-20(19)29/h4-13,15H,3,14H2,1-2H3,(H,27,32)(H,28,31). The number of nitrogens with one attached hydrogen (secondary N) is 2. The summed E-state index contributed by atoms with van der Waals surface area (Å²) in [6, 6.07) is 16.2. The molecule has 2 heterocycles. The van der Waals surface area contributed by atoms with Gasteiger partial charge in [-0.05, 0) is 37.6 Å². The molecule has 0 aliphatic rings. The molecule has 0 fully saturated rings. The number of benzene rings is 2. The summed E-state index contributed by atoms with van der Waals surface area (Å²) in [5.41, 5.74) is 2.42. The zero-order valence-electron chi connectivity index (χ0n) is 19.2. The van der Waals surface area contributed by atoms with E-state index in [4.69, 9.17) is 4.74 Å². The van der Waals surface area contributed by atoms with Crippen molar-refractivity contribution in [3.63, 3.8) is 0 Å². The van der Waals surface area contributed by atoms with E-state index in [0.717, 1.165) is 28.5 Å². The Morgan fingerprint density at radius 3 is 2.46 bits per heavy atom. The first-order valence-electron chi connectivity index (χ1n) is 10.9. The van der Waals surface area contributed by atoms with Crippen molar-refractivity contribution in [1.29, 1.82) is 0 Å². The highest BCUT2D eigenvalue weighted by atomic mass is 32.1. The van der Waals surface area contributed by atoms with E-state index in [1.165, 1.54) is 0 Å². The lowest BCUT2D eigenvalue weighted by atomic mass is 10.1. The second-order valence-electron chi connectivity index (χ2n) is 7.70. The molecule has 8 nitrogen and oxygen atoms in total. The van der Waals surface area contributed by atoms with Crippen molar-refractivity contribution in [3.05, 3.63) is 82.4 Å². The van der Waals surface area contributed by atoms with Crippen LogP contribution in [0.1, 0.15) is 42.9 Å². The number of anilines is 2. The number of carbonyl (C=O) groups excluding carboxylic acids is 4. The van der Waals surface area contributed by atoms with Crippen molar-refractivity contribution in [1.82, 2.24) is 4.57 Å². The average molecular weight is 490 g/mol. The summed E-state index contributed by atoms with van der Waals surface area (Å²) < 4.78 is 6.80. The Morgan fingerprint density at radius 2 is 1.74 bits per heavy atom. The molecule has 0 unspecified atom stereocenters. The summed E-state index contributed by atoms with van der Waals surface area (Å²) >= 11 is 0.993. The van der Waals surface area contributed by atoms with Crippen LogP contribution in [0.2, 0.25) is 0 Å². The van der Waals surface area contributed by atoms with Gasteiger partial charge in [0.1, 0.15) is 16.4 Å². The molecule has 2 N–H and O–H groups in total. The molecule has 0 atom stereocenters. The van der Waals surface area contributed by atoms with Gasteiger partial charge in [-0.25, -0.2) is 4.79 Å². The smallest absolute Gasteiger partial charge is 0.348 e. The van der Waals surface area contributed by atoms with Crippen molar-refractivity contribution in [2.24, 2.45) is 0 Å². The van der Waals surface area contributed by atoms with Crippen molar-refractivity contribution in [2.45, 2.75) is 20.4 Å². The molecule has 0 saturated heterocycles. The van der Waals surface area contributed by atoms with Gasteiger partial charge in [-0.1, -0.05) is 36.4 Å². The van der Waals surface area contributed by atoms with E-state index in [0.29, 0.717) is 16.8 Å². The molecule has 2 aromatic heterocycles. The fraction of sp³-hybridized carbons (Fsp3) is 0.154. The number of esters is 1. The molecule has 0 radical (unpaired) electrons. The predicted octanol–water partition coefficient (Wildman–Crippen LogP) is 4.89. The number of carbonyl (C=O) groups is 4. The lowest BCUT2D eigenvalue weighted by molar-refractivity contribution is -0.116. The average Bonchev–Trinajstić information content (AvgIpc) is 3.37. The van der Waals surface area contributed by atoms with Crippen LogP contribution in [0.4, 0.5) is 10.7 Å². The zero-order chi connectivity index (χ0) is 24.9. The van der Waals surface area contributed by atoms with Crippen LogP contribution in [0.5, 0.6) is 0 Å². The largest absolute Gasteiger partial charge is 0.462 e. The zero-order valence-corrected chi connectivity index (χ0v) is 20.0. The van der Waals surface area contributed by atoms with E-state index >= 15 is 0 Å². The Balaban J connectivity index is 1.64. The molecule has 178 valence electrons. The van der Waals surface area contributed by atoms with Crippen LogP contribution in [0.15, 0.2) is 60.8 Å². The second-order valence-corrected chi connectivity index (χ2v) is 8.72. The Labute approximate surface area is 205 Å². The van der Waals surface area contributed by atoms with Gasteiger partial charge in [0, 0.05) is 28.4 Å². The minimum absolute atomic E-state index is 0.0835. The Kier molecular flexibility index (Phi) is 7.07. The summed E-state index contributed by atoms with van der Waals surface area (Å²) in [4.78, 5) is 50.3. The van der Waals surface area contributed by atoms with Crippen molar-refractivity contribution >= 4 is 57.0 Å². The normalized spacial score (nSPS) is 10.7. The Hall–Kier alpha value is -4.24. The summed E-state index contributed by atoms with van der Waals surface area (Å²) in [6.45, 7) is 3.44. The van der Waals surface area contributed by atoms with Crippen LogP contribution in [0.3, 0.4) is 0 Å². The SMILES string of the molecule is CCOC(=O)c1sc(NC(=O)Cn2cc(C=O)c3ccccc32)c(C(=O)Nc2ccccc2)c1C. The van der Waals surface area contributed by atoms with Gasteiger partial charge >= 0.3 is 5.97 Å². The quantitative estimate of drug-likeness (QED) is 0.271. The number of aldehydes is 1. The number of nitrogens with zero attached hydrogens (tertiary/aromatic N) is 1. The van der Waals surface area contributed by atoms with E-state index in [2.05, 4.69) is 10.6 Å². The fourth-order valence-corrected chi connectivity index (χ4v) is 4.92. The van der Waals surface area contributed by atoms with E-state index in [9.17, 15) is 19.2 Å². The third-order valence-corrected chi connectivity index (χ3v) is 6.57. The third kappa shape index (κ3) is 4.99. The van der Waals surface area contributed by atoms with Crippen LogP contribution in [0, 0.1) is 6.92 Å². The molecule has 35 heavy (non-hydrogen) atoms. The molecular formula is C26H23N3O5S. The molecular weight excluding hydrogens is 466 g/mol. The number of ether oxygens (including phenoxy) is 1. The highest BCUT2D eigenvalue weighted by molar-refractivity contribution is 7.18. The highest BCUT2D eigenvalue weighted by Crippen LogP contribution is 2.34. The first-order chi connectivity index (χ1) is 16.9. The molecule has 4 aromatic rings. The summed E-state index contributed by atoms with van der Waals surface area (Å²) in [6.07, 6.45) is 2.36. The van der Waals surface area contributed by atoms with E-state index in [1.807, 2.05) is 30.3 Å². The molecule has 2 amide bonds. The number of aromatic nitrogens is 1. The predicted molar refractivity (Wildman–Crippen MR) is 135 cm³/mol. The number of thiophene rings is 1. The topological polar surface area (TPSA) is 106 Å². The number of hydrogen-bond donors (Lipinski definition) is 2. The lowest BCUT2D eigenvalue weighted by Crippen LogP contribution is -2.20. The number of para-hydroxylation sites is 2. The van der Waals surface area contributed by atoms with Gasteiger partial charge in [0.05, 0.1) is 12.2 Å². The molecule has 0 bridgehead atoms. The fourth-order valence-electron chi connectivity index (χ4n) is 3.80. The van der Waals surface area contributed by atoms with Crippen molar-refractivity contribution in [3.8, 4) is 0 Å².